The van der Waals surface area contributed by atoms with Crippen molar-refractivity contribution in [3.8, 4) is 0 Å². The van der Waals surface area contributed by atoms with Crippen LogP contribution in [0, 0.1) is 0 Å². The number of anilines is 1. The van der Waals surface area contributed by atoms with Crippen molar-refractivity contribution in [3.05, 3.63) is 64.7 Å². The lowest BCUT2D eigenvalue weighted by Gasteiger charge is -2.19. The van der Waals surface area contributed by atoms with Crippen molar-refractivity contribution in [2.24, 2.45) is 0 Å². The SMILES string of the molecule is COC(=O)CC(NC(=O)c1ccc(NC(C)=O)cc1)c1ccccc1Cl. The normalized spacial score (nSPS) is 11.3. The van der Waals surface area contributed by atoms with Crippen molar-refractivity contribution in [1.82, 2.24) is 5.32 Å². The van der Waals surface area contributed by atoms with Gasteiger partial charge in [-0.25, -0.2) is 0 Å². The number of benzene rings is 2. The second-order valence-corrected chi connectivity index (χ2v) is 5.99. The number of halogens is 1. The molecular weight excluding hydrogens is 356 g/mol. The van der Waals surface area contributed by atoms with E-state index >= 15 is 0 Å². The molecule has 0 radical (unpaired) electrons. The van der Waals surface area contributed by atoms with Gasteiger partial charge in [-0.3, -0.25) is 14.4 Å². The lowest BCUT2D eigenvalue weighted by molar-refractivity contribution is -0.141. The van der Waals surface area contributed by atoms with Crippen molar-refractivity contribution in [3.63, 3.8) is 0 Å². The monoisotopic (exact) mass is 374 g/mol. The highest BCUT2D eigenvalue weighted by Crippen LogP contribution is 2.26. The first-order chi connectivity index (χ1) is 12.4. The van der Waals surface area contributed by atoms with E-state index in [2.05, 4.69) is 10.6 Å². The highest BCUT2D eigenvalue weighted by molar-refractivity contribution is 6.31. The Morgan fingerprint density at radius 3 is 2.31 bits per heavy atom. The average Bonchev–Trinajstić information content (AvgIpc) is 2.61. The number of carbonyl (C=O) groups is 3. The molecule has 0 fully saturated rings. The summed E-state index contributed by atoms with van der Waals surface area (Å²) in [6, 6.07) is 12.8. The minimum absolute atomic E-state index is 0.0457. The van der Waals surface area contributed by atoms with Gasteiger partial charge in [0.25, 0.3) is 5.91 Å². The maximum absolute atomic E-state index is 12.5. The van der Waals surface area contributed by atoms with Gasteiger partial charge in [-0.2, -0.15) is 0 Å². The van der Waals surface area contributed by atoms with Crippen LogP contribution in [0.2, 0.25) is 5.02 Å². The number of hydrogen-bond acceptors (Lipinski definition) is 4. The number of esters is 1. The molecule has 2 rings (SSSR count). The van der Waals surface area contributed by atoms with E-state index in [9.17, 15) is 14.4 Å². The minimum atomic E-state index is -0.626. The molecule has 1 atom stereocenters. The second-order valence-electron chi connectivity index (χ2n) is 5.59. The molecule has 2 N–H and O–H groups in total. The Morgan fingerprint density at radius 1 is 1.08 bits per heavy atom. The van der Waals surface area contributed by atoms with Crippen LogP contribution < -0.4 is 10.6 Å². The Kier molecular flexibility index (Phi) is 6.74. The molecule has 2 amide bonds. The molecule has 0 saturated heterocycles. The van der Waals surface area contributed by atoms with Gasteiger partial charge < -0.3 is 15.4 Å². The largest absolute Gasteiger partial charge is 0.469 e. The first-order valence-electron chi connectivity index (χ1n) is 7.90. The fraction of sp³-hybridized carbons (Fsp3) is 0.211. The van der Waals surface area contributed by atoms with Gasteiger partial charge in [-0.05, 0) is 35.9 Å². The molecule has 2 aromatic rings. The number of ether oxygens (including phenoxy) is 1. The molecule has 0 aliphatic heterocycles. The fourth-order valence-corrected chi connectivity index (χ4v) is 2.66. The van der Waals surface area contributed by atoms with Crippen molar-refractivity contribution in [2.45, 2.75) is 19.4 Å². The number of rotatable bonds is 6. The summed E-state index contributed by atoms with van der Waals surface area (Å²) in [6.07, 6.45) is -0.0457. The minimum Gasteiger partial charge on any atom is -0.469 e. The van der Waals surface area contributed by atoms with Crippen molar-refractivity contribution < 1.29 is 19.1 Å². The summed E-state index contributed by atoms with van der Waals surface area (Å²) in [6.45, 7) is 1.40. The van der Waals surface area contributed by atoms with Gasteiger partial charge in [-0.1, -0.05) is 29.8 Å². The standard InChI is InChI=1S/C19H19ClN2O4/c1-12(23)21-14-9-7-13(8-10-14)19(25)22-17(11-18(24)26-2)15-5-3-4-6-16(15)20/h3-10,17H,11H2,1-2H3,(H,21,23)(H,22,25). The van der Waals surface area contributed by atoms with Crippen LogP contribution in [0.4, 0.5) is 5.69 Å². The molecule has 26 heavy (non-hydrogen) atoms. The number of hydrogen-bond donors (Lipinski definition) is 2. The Hall–Kier alpha value is -2.86. The van der Waals surface area contributed by atoms with Gasteiger partial charge >= 0.3 is 5.97 Å². The predicted molar refractivity (Wildman–Crippen MR) is 99.0 cm³/mol. The molecule has 7 heteroatoms. The van der Waals surface area contributed by atoms with E-state index in [1.807, 2.05) is 0 Å². The predicted octanol–water partition coefficient (Wildman–Crippen LogP) is 3.33. The van der Waals surface area contributed by atoms with Gasteiger partial charge in [-0.15, -0.1) is 0 Å². The van der Waals surface area contributed by atoms with Gasteiger partial charge in [0.2, 0.25) is 5.91 Å². The van der Waals surface area contributed by atoms with Crippen LogP contribution in [0.25, 0.3) is 0 Å². The Bertz CT molecular complexity index is 805. The molecule has 0 spiro atoms. The zero-order chi connectivity index (χ0) is 19.1. The molecule has 0 aromatic heterocycles. The van der Waals surface area contributed by atoms with Crippen LogP contribution in [-0.4, -0.2) is 24.9 Å². The third kappa shape index (κ3) is 5.32. The van der Waals surface area contributed by atoms with Crippen LogP contribution in [0.15, 0.2) is 48.5 Å². The van der Waals surface area contributed by atoms with Gasteiger partial charge in [0.15, 0.2) is 0 Å². The molecule has 0 aliphatic rings. The van der Waals surface area contributed by atoms with Crippen LogP contribution in [0.3, 0.4) is 0 Å². The van der Waals surface area contributed by atoms with Crippen molar-refractivity contribution in [2.75, 3.05) is 12.4 Å². The number of carbonyl (C=O) groups excluding carboxylic acids is 3. The highest BCUT2D eigenvalue weighted by atomic mass is 35.5. The third-order valence-electron chi connectivity index (χ3n) is 3.65. The maximum atomic E-state index is 12.5. The quantitative estimate of drug-likeness (QED) is 0.759. The lowest BCUT2D eigenvalue weighted by atomic mass is 10.0. The topological polar surface area (TPSA) is 84.5 Å². The number of nitrogens with one attached hydrogen (secondary N) is 2. The second kappa shape index (κ2) is 9.01. The summed E-state index contributed by atoms with van der Waals surface area (Å²) in [4.78, 5) is 35.3. The molecule has 0 heterocycles. The fourth-order valence-electron chi connectivity index (χ4n) is 2.40. The lowest BCUT2D eigenvalue weighted by Crippen LogP contribution is -2.30. The zero-order valence-electron chi connectivity index (χ0n) is 14.4. The van der Waals surface area contributed by atoms with Crippen molar-refractivity contribution >= 4 is 35.1 Å². The Labute approximate surface area is 156 Å². The molecule has 6 nitrogen and oxygen atoms in total. The Balaban J connectivity index is 2.19. The molecule has 0 bridgehead atoms. The van der Waals surface area contributed by atoms with E-state index in [4.69, 9.17) is 16.3 Å². The van der Waals surface area contributed by atoms with Crippen LogP contribution in [-0.2, 0) is 14.3 Å². The highest BCUT2D eigenvalue weighted by Gasteiger charge is 2.21. The van der Waals surface area contributed by atoms with Crippen LogP contribution in [0.5, 0.6) is 0 Å². The first kappa shape index (κ1) is 19.5. The van der Waals surface area contributed by atoms with E-state index in [1.54, 1.807) is 48.5 Å². The molecule has 136 valence electrons. The summed E-state index contributed by atoms with van der Waals surface area (Å²) >= 11 is 6.20. The summed E-state index contributed by atoms with van der Waals surface area (Å²) < 4.78 is 4.71. The van der Waals surface area contributed by atoms with E-state index in [0.29, 0.717) is 21.8 Å². The summed E-state index contributed by atoms with van der Waals surface area (Å²) in [5.74, 6) is -1.02. The van der Waals surface area contributed by atoms with Crippen LogP contribution >= 0.6 is 11.6 Å². The van der Waals surface area contributed by atoms with E-state index in [-0.39, 0.29) is 18.2 Å². The van der Waals surface area contributed by atoms with Gasteiger partial charge in [0.1, 0.15) is 0 Å². The van der Waals surface area contributed by atoms with Gasteiger partial charge in [0, 0.05) is 23.2 Å². The van der Waals surface area contributed by atoms with E-state index < -0.39 is 12.0 Å². The number of methoxy groups -OCH3 is 1. The summed E-state index contributed by atoms with van der Waals surface area (Å²) in [5, 5.41) is 5.88. The molecule has 0 saturated carbocycles. The molecule has 2 aromatic carbocycles. The van der Waals surface area contributed by atoms with E-state index in [0.717, 1.165) is 0 Å². The zero-order valence-corrected chi connectivity index (χ0v) is 15.2. The van der Waals surface area contributed by atoms with Gasteiger partial charge in [0.05, 0.1) is 19.6 Å². The molecular formula is C19H19ClN2O4. The van der Waals surface area contributed by atoms with Crippen LogP contribution in [0.1, 0.15) is 35.3 Å². The Morgan fingerprint density at radius 2 is 1.73 bits per heavy atom. The smallest absolute Gasteiger partial charge is 0.307 e. The summed E-state index contributed by atoms with van der Waals surface area (Å²) in [5.41, 5.74) is 1.61. The molecule has 0 aliphatic carbocycles. The average molecular weight is 375 g/mol. The van der Waals surface area contributed by atoms with Crippen molar-refractivity contribution in [1.29, 1.82) is 0 Å². The molecule has 1 unspecified atom stereocenters. The third-order valence-corrected chi connectivity index (χ3v) is 4.00. The van der Waals surface area contributed by atoms with E-state index in [1.165, 1.54) is 14.0 Å². The summed E-state index contributed by atoms with van der Waals surface area (Å²) in [7, 11) is 1.29. The maximum Gasteiger partial charge on any atom is 0.307 e. The number of amides is 2. The first-order valence-corrected chi connectivity index (χ1v) is 8.28.